The van der Waals surface area contributed by atoms with Crippen LogP contribution in [-0.2, 0) is 11.3 Å². The van der Waals surface area contributed by atoms with Crippen LogP contribution in [-0.4, -0.2) is 60.5 Å². The molecule has 29 heavy (non-hydrogen) atoms. The number of likely N-dealkylation sites (tertiary alicyclic amines) is 1. The van der Waals surface area contributed by atoms with Crippen LogP contribution < -0.4 is 4.74 Å². The Morgan fingerprint density at radius 1 is 1.07 bits per heavy atom. The third-order valence-electron chi connectivity index (χ3n) is 5.00. The Balaban J connectivity index is 1.12. The number of carbonyl (C=O) groups is 1. The van der Waals surface area contributed by atoms with Crippen molar-refractivity contribution in [3.05, 3.63) is 66.7 Å². The zero-order valence-electron chi connectivity index (χ0n) is 15.6. The summed E-state index contributed by atoms with van der Waals surface area (Å²) in [6.07, 6.45) is 5.13. The molecule has 2 aromatic heterocycles. The van der Waals surface area contributed by atoms with E-state index in [1.807, 2.05) is 48.7 Å². The van der Waals surface area contributed by atoms with Crippen LogP contribution in [0.5, 0.6) is 5.75 Å². The van der Waals surface area contributed by atoms with Crippen molar-refractivity contribution < 1.29 is 9.53 Å². The first-order valence-electron chi connectivity index (χ1n) is 9.39. The predicted octanol–water partition coefficient (Wildman–Crippen LogP) is 1.53. The minimum Gasteiger partial charge on any atom is -0.484 e. The molecule has 4 aromatic rings. The molecular weight excluding hydrogens is 370 g/mol. The fourth-order valence-corrected chi connectivity index (χ4v) is 3.35. The summed E-state index contributed by atoms with van der Waals surface area (Å²) in [7, 11) is 0. The molecule has 1 fully saturated rings. The highest BCUT2D eigenvalue weighted by molar-refractivity contribution is 5.84. The second-order valence-corrected chi connectivity index (χ2v) is 7.00. The fraction of sp³-hybridized carbons (Fsp3) is 0.250. The van der Waals surface area contributed by atoms with E-state index in [4.69, 9.17) is 4.74 Å². The summed E-state index contributed by atoms with van der Waals surface area (Å²) in [6, 6.07) is 14.0. The maximum Gasteiger partial charge on any atom is 0.260 e. The molecule has 9 heteroatoms. The quantitative estimate of drug-likeness (QED) is 0.497. The highest BCUT2D eigenvalue weighted by atomic mass is 16.5. The van der Waals surface area contributed by atoms with Crippen molar-refractivity contribution in [2.24, 2.45) is 0 Å². The van der Waals surface area contributed by atoms with Crippen molar-refractivity contribution in [1.29, 1.82) is 0 Å². The molecule has 5 rings (SSSR count). The van der Waals surface area contributed by atoms with Crippen molar-refractivity contribution in [2.75, 3.05) is 19.7 Å². The van der Waals surface area contributed by atoms with Crippen LogP contribution in [0.25, 0.3) is 10.8 Å². The molecule has 0 bridgehead atoms. The monoisotopic (exact) mass is 389 g/mol. The molecule has 0 atom stereocenters. The number of ether oxygens (including phenoxy) is 1. The highest BCUT2D eigenvalue weighted by Gasteiger charge is 2.32. The van der Waals surface area contributed by atoms with E-state index in [1.54, 1.807) is 26.8 Å². The van der Waals surface area contributed by atoms with Crippen molar-refractivity contribution >= 4 is 16.7 Å². The summed E-state index contributed by atoms with van der Waals surface area (Å²) < 4.78 is 7.49. The van der Waals surface area contributed by atoms with Crippen molar-refractivity contribution in [1.82, 2.24) is 34.9 Å². The van der Waals surface area contributed by atoms with E-state index in [1.165, 1.54) is 0 Å². The smallest absolute Gasteiger partial charge is 0.260 e. The minimum absolute atomic E-state index is 0.0264. The molecule has 0 radical (unpaired) electrons. The first kappa shape index (κ1) is 17.4. The van der Waals surface area contributed by atoms with Crippen LogP contribution in [0.1, 0.15) is 11.7 Å². The van der Waals surface area contributed by atoms with Gasteiger partial charge in [0, 0.05) is 13.1 Å². The van der Waals surface area contributed by atoms with Crippen molar-refractivity contribution in [2.45, 2.75) is 12.6 Å². The van der Waals surface area contributed by atoms with Gasteiger partial charge in [-0.2, -0.15) is 15.0 Å². The van der Waals surface area contributed by atoms with E-state index >= 15 is 0 Å². The highest BCUT2D eigenvalue weighted by Crippen LogP contribution is 2.23. The molecule has 0 unspecified atom stereocenters. The molecule has 0 saturated carbocycles. The maximum absolute atomic E-state index is 12.4. The average molecular weight is 389 g/mol. The summed E-state index contributed by atoms with van der Waals surface area (Å²) in [4.78, 5) is 15.7. The third-order valence-corrected chi connectivity index (χ3v) is 5.00. The van der Waals surface area contributed by atoms with Gasteiger partial charge in [0.25, 0.3) is 5.91 Å². The molecular formula is C20H19N7O2. The summed E-state index contributed by atoms with van der Waals surface area (Å²) >= 11 is 0. The van der Waals surface area contributed by atoms with Crippen molar-refractivity contribution in [3.63, 3.8) is 0 Å². The van der Waals surface area contributed by atoms with Gasteiger partial charge in [-0.1, -0.05) is 35.5 Å². The molecule has 3 heterocycles. The lowest BCUT2D eigenvalue weighted by molar-refractivity contribution is -0.139. The van der Waals surface area contributed by atoms with Gasteiger partial charge in [0.15, 0.2) is 6.61 Å². The summed E-state index contributed by atoms with van der Waals surface area (Å²) in [5.41, 5.74) is 0.783. The molecule has 0 N–H and O–H groups in total. The number of hydrogen-bond donors (Lipinski definition) is 0. The molecule has 9 nitrogen and oxygen atoms in total. The largest absolute Gasteiger partial charge is 0.484 e. The number of benzene rings is 2. The summed E-state index contributed by atoms with van der Waals surface area (Å²) in [6.45, 7) is 1.70. The van der Waals surface area contributed by atoms with Crippen molar-refractivity contribution in [3.8, 4) is 5.75 Å². The topological polar surface area (TPSA) is 91.0 Å². The standard InChI is InChI=1S/C20H19N7O2/c28-20(14-29-19-6-5-15-3-1-2-4-16(15)9-19)25-12-18(13-25)26-10-17(23-24-26)11-27-21-7-8-22-27/h1-10,18H,11-14H2. The van der Waals surface area contributed by atoms with Crippen LogP contribution in [0.15, 0.2) is 61.1 Å². The van der Waals surface area contributed by atoms with E-state index in [-0.39, 0.29) is 18.6 Å². The fourth-order valence-electron chi connectivity index (χ4n) is 3.35. The molecule has 1 amide bonds. The van der Waals surface area contributed by atoms with Gasteiger partial charge in [0.1, 0.15) is 18.0 Å². The Hall–Kier alpha value is -3.75. The summed E-state index contributed by atoms with van der Waals surface area (Å²) in [5.74, 6) is 0.665. The Bertz CT molecular complexity index is 1130. The maximum atomic E-state index is 12.4. The molecule has 2 aromatic carbocycles. The van der Waals surface area contributed by atoms with Crippen LogP contribution in [0, 0.1) is 0 Å². The van der Waals surface area contributed by atoms with Crippen LogP contribution >= 0.6 is 0 Å². The second kappa shape index (κ2) is 7.34. The summed E-state index contributed by atoms with van der Waals surface area (Å²) in [5, 5.41) is 18.7. The Labute approximate surface area is 166 Å². The number of fused-ring (bicyclic) bond motifs is 1. The van der Waals surface area contributed by atoms with Gasteiger partial charge < -0.3 is 9.64 Å². The molecule has 1 aliphatic rings. The Kier molecular flexibility index (Phi) is 4.39. The van der Waals surface area contributed by atoms with Gasteiger partial charge in [-0.25, -0.2) is 4.68 Å². The molecule has 1 saturated heterocycles. The Morgan fingerprint density at radius 2 is 1.86 bits per heavy atom. The van der Waals surface area contributed by atoms with E-state index in [2.05, 4.69) is 20.5 Å². The van der Waals surface area contributed by atoms with Gasteiger partial charge >= 0.3 is 0 Å². The first-order valence-corrected chi connectivity index (χ1v) is 9.39. The van der Waals surface area contributed by atoms with Crippen LogP contribution in [0.2, 0.25) is 0 Å². The Morgan fingerprint density at radius 3 is 2.69 bits per heavy atom. The molecule has 0 aliphatic carbocycles. The third kappa shape index (κ3) is 3.66. The normalized spacial score (nSPS) is 14.1. The van der Waals surface area contributed by atoms with Gasteiger partial charge in [-0.05, 0) is 22.9 Å². The lowest BCUT2D eigenvalue weighted by Crippen LogP contribution is -2.52. The second-order valence-electron chi connectivity index (χ2n) is 7.00. The molecule has 146 valence electrons. The van der Waals surface area contributed by atoms with Gasteiger partial charge in [0.2, 0.25) is 0 Å². The number of amides is 1. The average Bonchev–Trinajstić information content (AvgIpc) is 3.38. The zero-order valence-corrected chi connectivity index (χ0v) is 15.6. The van der Waals surface area contributed by atoms with E-state index in [0.29, 0.717) is 25.4 Å². The lowest BCUT2D eigenvalue weighted by Gasteiger charge is -2.38. The number of rotatable bonds is 6. The molecule has 0 spiro atoms. The SMILES string of the molecule is O=C(COc1ccc2ccccc2c1)N1CC(n2cc(Cn3nccn3)nn2)C1. The van der Waals surface area contributed by atoms with E-state index in [0.717, 1.165) is 16.5 Å². The molecule has 1 aliphatic heterocycles. The minimum atomic E-state index is -0.0320. The number of carbonyl (C=O) groups excluding carboxylic acids is 1. The predicted molar refractivity (Wildman–Crippen MR) is 104 cm³/mol. The van der Waals surface area contributed by atoms with E-state index in [9.17, 15) is 4.79 Å². The number of hydrogen-bond acceptors (Lipinski definition) is 6. The lowest BCUT2D eigenvalue weighted by atomic mass is 10.1. The van der Waals surface area contributed by atoms with Gasteiger partial charge in [-0.15, -0.1) is 5.10 Å². The van der Waals surface area contributed by atoms with Crippen LogP contribution in [0.3, 0.4) is 0 Å². The zero-order chi connectivity index (χ0) is 19.6. The van der Waals surface area contributed by atoms with Crippen LogP contribution in [0.4, 0.5) is 0 Å². The first-order chi connectivity index (χ1) is 14.2. The van der Waals surface area contributed by atoms with Gasteiger partial charge in [-0.3, -0.25) is 4.79 Å². The van der Waals surface area contributed by atoms with Gasteiger partial charge in [0.05, 0.1) is 24.6 Å². The number of aromatic nitrogens is 6. The number of nitrogens with zero attached hydrogens (tertiary/aromatic N) is 7. The van der Waals surface area contributed by atoms with E-state index < -0.39 is 0 Å².